The average Bonchev–Trinajstić information content (AvgIpc) is 2.30. The van der Waals surface area contributed by atoms with Gasteiger partial charge in [0, 0.05) is 13.0 Å². The van der Waals surface area contributed by atoms with Crippen LogP contribution in [0.25, 0.3) is 0 Å². The molecule has 1 atom stereocenters. The lowest BCUT2D eigenvalue weighted by molar-refractivity contribution is -0.274. The van der Waals surface area contributed by atoms with E-state index in [1.54, 1.807) is 0 Å². The lowest BCUT2D eigenvalue weighted by Crippen LogP contribution is -2.40. The zero-order chi connectivity index (χ0) is 13.9. The van der Waals surface area contributed by atoms with Crippen molar-refractivity contribution in [1.29, 1.82) is 0 Å². The summed E-state index contributed by atoms with van der Waals surface area (Å²) in [6.45, 7) is 0.897. The molecule has 1 saturated heterocycles. The fourth-order valence-corrected chi connectivity index (χ4v) is 2.17. The number of hydrogen-bond donors (Lipinski definition) is 1. The summed E-state index contributed by atoms with van der Waals surface area (Å²) in [6, 6.07) is 5.53. The summed E-state index contributed by atoms with van der Waals surface area (Å²) in [7, 11) is 0. The van der Waals surface area contributed by atoms with Crippen molar-refractivity contribution in [3.63, 3.8) is 0 Å². The zero-order valence-corrected chi connectivity index (χ0v) is 10.2. The smallest absolute Gasteiger partial charge is 0.406 e. The fourth-order valence-electron chi connectivity index (χ4n) is 2.17. The van der Waals surface area contributed by atoms with Crippen LogP contribution in [-0.2, 0) is 11.2 Å². The number of benzene rings is 1. The van der Waals surface area contributed by atoms with Crippen molar-refractivity contribution in [1.82, 2.24) is 0 Å². The van der Waals surface area contributed by atoms with E-state index in [-0.39, 0.29) is 12.4 Å². The van der Waals surface area contributed by atoms with E-state index in [9.17, 15) is 18.3 Å². The van der Waals surface area contributed by atoms with Crippen molar-refractivity contribution in [2.45, 2.75) is 31.2 Å². The van der Waals surface area contributed by atoms with Gasteiger partial charge in [-0.2, -0.15) is 0 Å². The third kappa shape index (κ3) is 4.40. The Labute approximate surface area is 108 Å². The summed E-state index contributed by atoms with van der Waals surface area (Å²) < 4.78 is 45.0. The normalized spacial score (nSPS) is 24.2. The maximum atomic E-state index is 12.0. The molecule has 1 fully saturated rings. The van der Waals surface area contributed by atoms with Gasteiger partial charge < -0.3 is 14.6 Å². The molecule has 0 aliphatic carbocycles. The quantitative estimate of drug-likeness (QED) is 0.922. The molecule has 106 valence electrons. The van der Waals surface area contributed by atoms with E-state index in [1.807, 2.05) is 0 Å². The van der Waals surface area contributed by atoms with Gasteiger partial charge in [-0.1, -0.05) is 12.1 Å². The minimum absolute atomic E-state index is 0.258. The van der Waals surface area contributed by atoms with Gasteiger partial charge in [-0.25, -0.2) is 0 Å². The first-order valence-corrected chi connectivity index (χ1v) is 6.01. The summed E-state index contributed by atoms with van der Waals surface area (Å²) in [5.74, 6) is -0.261. The number of halogens is 3. The topological polar surface area (TPSA) is 38.7 Å². The van der Waals surface area contributed by atoms with Crippen LogP contribution in [0.15, 0.2) is 24.3 Å². The van der Waals surface area contributed by atoms with E-state index in [0.29, 0.717) is 19.4 Å². The van der Waals surface area contributed by atoms with Gasteiger partial charge in [-0.3, -0.25) is 0 Å². The Morgan fingerprint density at radius 3 is 2.47 bits per heavy atom. The van der Waals surface area contributed by atoms with Crippen molar-refractivity contribution in [2.75, 3.05) is 13.2 Å². The van der Waals surface area contributed by atoms with Gasteiger partial charge in [0.15, 0.2) is 0 Å². The van der Waals surface area contributed by atoms with E-state index in [0.717, 1.165) is 12.0 Å². The Bertz CT molecular complexity index is 408. The molecule has 0 aromatic heterocycles. The van der Waals surface area contributed by atoms with Crippen LogP contribution in [0.4, 0.5) is 13.2 Å². The van der Waals surface area contributed by atoms with E-state index in [1.165, 1.54) is 24.3 Å². The predicted molar refractivity (Wildman–Crippen MR) is 61.8 cm³/mol. The monoisotopic (exact) mass is 276 g/mol. The highest BCUT2D eigenvalue weighted by atomic mass is 19.4. The molecule has 0 bridgehead atoms. The van der Waals surface area contributed by atoms with Crippen LogP contribution in [0.2, 0.25) is 0 Å². The molecule has 19 heavy (non-hydrogen) atoms. The maximum absolute atomic E-state index is 12.0. The van der Waals surface area contributed by atoms with Crippen LogP contribution in [0, 0.1) is 0 Å². The highest BCUT2D eigenvalue weighted by molar-refractivity contribution is 5.28. The lowest BCUT2D eigenvalue weighted by atomic mass is 9.89. The molecule has 1 unspecified atom stereocenters. The maximum Gasteiger partial charge on any atom is 0.573 e. The van der Waals surface area contributed by atoms with Gasteiger partial charge in [0.05, 0.1) is 12.2 Å². The average molecular weight is 276 g/mol. The van der Waals surface area contributed by atoms with Crippen molar-refractivity contribution >= 4 is 0 Å². The molecule has 1 aliphatic rings. The van der Waals surface area contributed by atoms with Crippen molar-refractivity contribution < 1.29 is 27.8 Å². The molecule has 0 saturated carbocycles. The Balaban J connectivity index is 1.98. The van der Waals surface area contributed by atoms with Crippen molar-refractivity contribution in [2.24, 2.45) is 0 Å². The Kier molecular flexibility index (Phi) is 4.01. The van der Waals surface area contributed by atoms with Crippen LogP contribution < -0.4 is 4.74 Å². The van der Waals surface area contributed by atoms with Gasteiger partial charge in [-0.15, -0.1) is 13.2 Å². The molecule has 6 heteroatoms. The van der Waals surface area contributed by atoms with E-state index in [4.69, 9.17) is 4.74 Å². The van der Waals surface area contributed by atoms with Crippen LogP contribution in [0.5, 0.6) is 5.75 Å². The largest absolute Gasteiger partial charge is 0.573 e. The molecule has 1 aromatic rings. The number of hydrogen-bond acceptors (Lipinski definition) is 3. The summed E-state index contributed by atoms with van der Waals surface area (Å²) in [5.41, 5.74) is -0.174. The van der Waals surface area contributed by atoms with E-state index >= 15 is 0 Å². The Morgan fingerprint density at radius 1 is 1.26 bits per heavy atom. The SMILES string of the molecule is OC1(Cc2ccc(OC(F)(F)F)cc2)CCCOC1. The van der Waals surface area contributed by atoms with Crippen molar-refractivity contribution in [3.05, 3.63) is 29.8 Å². The Morgan fingerprint density at radius 2 is 1.95 bits per heavy atom. The second-order valence-electron chi connectivity index (χ2n) is 4.75. The first-order chi connectivity index (χ1) is 8.86. The van der Waals surface area contributed by atoms with Crippen LogP contribution >= 0.6 is 0 Å². The highest BCUT2D eigenvalue weighted by Crippen LogP contribution is 2.26. The van der Waals surface area contributed by atoms with E-state index < -0.39 is 12.0 Å². The molecule has 2 rings (SSSR count). The molecular weight excluding hydrogens is 261 g/mol. The minimum atomic E-state index is -4.68. The molecular formula is C13H15F3O3. The minimum Gasteiger partial charge on any atom is -0.406 e. The van der Waals surface area contributed by atoms with Gasteiger partial charge in [0.25, 0.3) is 0 Å². The summed E-state index contributed by atoms with van der Waals surface area (Å²) in [5, 5.41) is 10.2. The zero-order valence-electron chi connectivity index (χ0n) is 10.2. The van der Waals surface area contributed by atoms with Gasteiger partial charge in [0.1, 0.15) is 5.75 Å². The third-order valence-electron chi connectivity index (χ3n) is 2.99. The number of rotatable bonds is 3. The molecule has 1 aromatic carbocycles. The van der Waals surface area contributed by atoms with Gasteiger partial charge in [-0.05, 0) is 30.5 Å². The summed E-state index contributed by atoms with van der Waals surface area (Å²) in [6.07, 6.45) is -2.91. The van der Waals surface area contributed by atoms with E-state index in [2.05, 4.69) is 4.74 Å². The fraction of sp³-hybridized carbons (Fsp3) is 0.538. The first-order valence-electron chi connectivity index (χ1n) is 6.01. The lowest BCUT2D eigenvalue weighted by Gasteiger charge is -2.32. The number of aliphatic hydroxyl groups is 1. The van der Waals surface area contributed by atoms with Crippen molar-refractivity contribution in [3.8, 4) is 5.75 Å². The van der Waals surface area contributed by atoms with Crippen LogP contribution in [0.1, 0.15) is 18.4 Å². The molecule has 0 radical (unpaired) electrons. The molecule has 0 spiro atoms. The molecule has 1 N–H and O–H groups in total. The first kappa shape index (κ1) is 14.1. The highest BCUT2D eigenvalue weighted by Gasteiger charge is 2.32. The number of alkyl halides is 3. The summed E-state index contributed by atoms with van der Waals surface area (Å²) >= 11 is 0. The third-order valence-corrected chi connectivity index (χ3v) is 2.99. The molecule has 3 nitrogen and oxygen atoms in total. The Hall–Kier alpha value is -1.27. The van der Waals surface area contributed by atoms with Crippen LogP contribution in [0.3, 0.4) is 0 Å². The van der Waals surface area contributed by atoms with Gasteiger partial charge >= 0.3 is 6.36 Å². The second-order valence-corrected chi connectivity index (χ2v) is 4.75. The molecule has 1 aliphatic heterocycles. The summed E-state index contributed by atoms with van der Waals surface area (Å²) in [4.78, 5) is 0. The second kappa shape index (κ2) is 5.38. The molecule has 0 amide bonds. The predicted octanol–water partition coefficient (Wildman–Crippen LogP) is 2.67. The molecule has 1 heterocycles. The standard InChI is InChI=1S/C13H15F3O3/c14-13(15,16)19-11-4-2-10(3-5-11)8-12(17)6-1-7-18-9-12/h2-5,17H,1,6-9H2. The van der Waals surface area contributed by atoms with Gasteiger partial charge in [0.2, 0.25) is 0 Å². The number of ether oxygens (including phenoxy) is 2. The van der Waals surface area contributed by atoms with Crippen LogP contribution in [-0.4, -0.2) is 30.3 Å².